The van der Waals surface area contributed by atoms with Crippen LogP contribution in [0, 0.1) is 6.92 Å². The lowest BCUT2D eigenvalue weighted by molar-refractivity contribution is 0.295. The Morgan fingerprint density at radius 2 is 1.89 bits per heavy atom. The van der Waals surface area contributed by atoms with Crippen molar-refractivity contribution in [2.45, 2.75) is 26.9 Å². The number of nitrogen functional groups attached to an aromatic ring is 1. The first kappa shape index (κ1) is 12.4. The second-order valence-corrected chi connectivity index (χ2v) is 4.14. The van der Waals surface area contributed by atoms with Gasteiger partial charge in [0.1, 0.15) is 18.2 Å². The van der Waals surface area contributed by atoms with Crippen LogP contribution in [-0.4, -0.2) is 9.97 Å². The van der Waals surface area contributed by atoms with Crippen molar-refractivity contribution in [3.63, 3.8) is 0 Å². The van der Waals surface area contributed by atoms with E-state index in [1.54, 1.807) is 6.07 Å². The van der Waals surface area contributed by atoms with Crippen LogP contribution in [0.25, 0.3) is 0 Å². The minimum absolute atomic E-state index is 0.331. The first-order chi connectivity index (χ1) is 8.67. The largest absolute Gasteiger partial charge is 0.486 e. The second-order valence-electron chi connectivity index (χ2n) is 4.14. The maximum atomic E-state index is 5.66. The van der Waals surface area contributed by atoms with Gasteiger partial charge in [-0.3, -0.25) is 0 Å². The van der Waals surface area contributed by atoms with E-state index in [9.17, 15) is 0 Å². The molecule has 2 aromatic rings. The molecule has 0 aliphatic rings. The molecule has 2 N–H and O–H groups in total. The van der Waals surface area contributed by atoms with Gasteiger partial charge < -0.3 is 10.5 Å². The summed E-state index contributed by atoms with van der Waals surface area (Å²) in [5.41, 5.74) is 7.80. The third kappa shape index (κ3) is 3.20. The zero-order chi connectivity index (χ0) is 13.0. The molecule has 0 fully saturated rings. The van der Waals surface area contributed by atoms with Crippen molar-refractivity contribution in [3.8, 4) is 5.75 Å². The number of aromatic nitrogens is 2. The Morgan fingerprint density at radius 1 is 1.17 bits per heavy atom. The highest BCUT2D eigenvalue weighted by Gasteiger charge is 2.01. The minimum Gasteiger partial charge on any atom is -0.486 e. The molecule has 0 amide bonds. The van der Waals surface area contributed by atoms with E-state index >= 15 is 0 Å². The fourth-order valence-corrected chi connectivity index (χ4v) is 1.69. The van der Waals surface area contributed by atoms with Crippen LogP contribution in [0.3, 0.4) is 0 Å². The van der Waals surface area contributed by atoms with E-state index in [0.717, 1.165) is 17.9 Å². The van der Waals surface area contributed by atoms with Crippen LogP contribution >= 0.6 is 0 Å². The lowest BCUT2D eigenvalue weighted by Crippen LogP contribution is -2.05. The summed E-state index contributed by atoms with van der Waals surface area (Å²) in [4.78, 5) is 8.39. The number of anilines is 1. The fraction of sp³-hybridized carbons (Fsp3) is 0.286. The van der Waals surface area contributed by atoms with E-state index in [0.29, 0.717) is 18.2 Å². The monoisotopic (exact) mass is 243 g/mol. The van der Waals surface area contributed by atoms with Crippen LogP contribution < -0.4 is 10.5 Å². The van der Waals surface area contributed by atoms with Crippen molar-refractivity contribution in [1.82, 2.24) is 9.97 Å². The van der Waals surface area contributed by atoms with Gasteiger partial charge in [0.15, 0.2) is 5.82 Å². The maximum Gasteiger partial charge on any atom is 0.168 e. The average molecular weight is 243 g/mol. The molecule has 1 aromatic heterocycles. The number of benzene rings is 1. The first-order valence-corrected chi connectivity index (χ1v) is 5.99. The summed E-state index contributed by atoms with van der Waals surface area (Å²) in [6.45, 7) is 4.34. The summed E-state index contributed by atoms with van der Waals surface area (Å²) in [5, 5.41) is 0. The van der Waals surface area contributed by atoms with E-state index in [4.69, 9.17) is 10.5 Å². The molecule has 18 heavy (non-hydrogen) atoms. The molecule has 0 unspecified atom stereocenters. The van der Waals surface area contributed by atoms with Gasteiger partial charge in [0.2, 0.25) is 0 Å². The number of hydrogen-bond donors (Lipinski definition) is 1. The van der Waals surface area contributed by atoms with Gasteiger partial charge in [-0.05, 0) is 31.0 Å². The molecule has 1 aromatic carbocycles. The van der Waals surface area contributed by atoms with Gasteiger partial charge in [-0.2, -0.15) is 0 Å². The molecule has 4 nitrogen and oxygen atoms in total. The minimum atomic E-state index is 0.331. The molecule has 94 valence electrons. The lowest BCUT2D eigenvalue weighted by Gasteiger charge is -2.07. The molecule has 4 heteroatoms. The van der Waals surface area contributed by atoms with Crippen LogP contribution in [-0.2, 0) is 13.0 Å². The van der Waals surface area contributed by atoms with Crippen LogP contribution in [0.4, 0.5) is 5.82 Å². The number of aryl methyl sites for hydroxylation is 2. The molecule has 0 bridgehead atoms. The maximum absolute atomic E-state index is 5.66. The van der Waals surface area contributed by atoms with Crippen LogP contribution in [0.1, 0.15) is 24.0 Å². The van der Waals surface area contributed by atoms with Gasteiger partial charge in [0, 0.05) is 11.8 Å². The highest BCUT2D eigenvalue weighted by Crippen LogP contribution is 2.14. The summed E-state index contributed by atoms with van der Waals surface area (Å²) in [6, 6.07) is 9.76. The van der Waals surface area contributed by atoms with Crippen LogP contribution in [0.5, 0.6) is 5.75 Å². The molecule has 0 saturated heterocycles. The summed E-state index contributed by atoms with van der Waals surface area (Å²) in [5.74, 6) is 1.89. The third-order valence-corrected chi connectivity index (χ3v) is 2.62. The standard InChI is InChI=1S/C14H17N3O/c1-3-11-4-6-12(7-5-11)18-9-14-16-10(2)8-13(15)17-14/h4-8H,3,9H2,1-2H3,(H2,15,16,17). The number of rotatable bonds is 4. The topological polar surface area (TPSA) is 61.0 Å². The lowest BCUT2D eigenvalue weighted by atomic mass is 10.2. The smallest absolute Gasteiger partial charge is 0.168 e. The molecule has 1 heterocycles. The zero-order valence-corrected chi connectivity index (χ0v) is 10.7. The van der Waals surface area contributed by atoms with E-state index in [-0.39, 0.29) is 0 Å². The molecule has 0 radical (unpaired) electrons. The van der Waals surface area contributed by atoms with Gasteiger partial charge >= 0.3 is 0 Å². The molecule has 0 aliphatic carbocycles. The second kappa shape index (κ2) is 5.49. The van der Waals surface area contributed by atoms with Crippen molar-refractivity contribution in [3.05, 3.63) is 47.4 Å². The van der Waals surface area contributed by atoms with Gasteiger partial charge in [0.25, 0.3) is 0 Å². The predicted octanol–water partition coefficient (Wildman–Crippen LogP) is 2.51. The molecule has 0 spiro atoms. The molecule has 0 atom stereocenters. The number of hydrogen-bond acceptors (Lipinski definition) is 4. The Labute approximate surface area is 107 Å². The Bertz CT molecular complexity index is 503. The first-order valence-electron chi connectivity index (χ1n) is 5.99. The Balaban J connectivity index is 2.01. The predicted molar refractivity (Wildman–Crippen MR) is 71.3 cm³/mol. The average Bonchev–Trinajstić information content (AvgIpc) is 2.36. The zero-order valence-electron chi connectivity index (χ0n) is 10.7. The van der Waals surface area contributed by atoms with E-state index in [2.05, 4.69) is 29.0 Å². The third-order valence-electron chi connectivity index (χ3n) is 2.62. The van der Waals surface area contributed by atoms with Gasteiger partial charge in [-0.1, -0.05) is 19.1 Å². The van der Waals surface area contributed by atoms with Crippen molar-refractivity contribution >= 4 is 5.82 Å². The molecular weight excluding hydrogens is 226 g/mol. The number of ether oxygens (including phenoxy) is 1. The molecule has 0 saturated carbocycles. The Morgan fingerprint density at radius 3 is 2.50 bits per heavy atom. The normalized spacial score (nSPS) is 10.3. The highest BCUT2D eigenvalue weighted by atomic mass is 16.5. The number of nitrogens with two attached hydrogens (primary N) is 1. The number of nitrogens with zero attached hydrogens (tertiary/aromatic N) is 2. The summed E-state index contributed by atoms with van der Waals surface area (Å²) in [7, 11) is 0. The quantitative estimate of drug-likeness (QED) is 0.896. The highest BCUT2D eigenvalue weighted by molar-refractivity contribution is 5.30. The fourth-order valence-electron chi connectivity index (χ4n) is 1.69. The van der Waals surface area contributed by atoms with Crippen LogP contribution in [0.15, 0.2) is 30.3 Å². The van der Waals surface area contributed by atoms with Gasteiger partial charge in [0.05, 0.1) is 0 Å². The Kier molecular flexibility index (Phi) is 3.77. The van der Waals surface area contributed by atoms with Crippen molar-refractivity contribution in [2.75, 3.05) is 5.73 Å². The van der Waals surface area contributed by atoms with Crippen molar-refractivity contribution < 1.29 is 4.74 Å². The van der Waals surface area contributed by atoms with E-state index in [1.807, 2.05) is 19.1 Å². The molecule has 2 rings (SSSR count). The summed E-state index contributed by atoms with van der Waals surface area (Å²) >= 11 is 0. The van der Waals surface area contributed by atoms with E-state index in [1.165, 1.54) is 5.56 Å². The van der Waals surface area contributed by atoms with Gasteiger partial charge in [-0.15, -0.1) is 0 Å². The van der Waals surface area contributed by atoms with Crippen molar-refractivity contribution in [2.24, 2.45) is 0 Å². The van der Waals surface area contributed by atoms with E-state index < -0.39 is 0 Å². The summed E-state index contributed by atoms with van der Waals surface area (Å²) < 4.78 is 5.62. The van der Waals surface area contributed by atoms with Crippen LogP contribution in [0.2, 0.25) is 0 Å². The SMILES string of the molecule is CCc1ccc(OCc2nc(C)cc(N)n2)cc1. The van der Waals surface area contributed by atoms with Gasteiger partial charge in [-0.25, -0.2) is 9.97 Å². The Hall–Kier alpha value is -2.10. The van der Waals surface area contributed by atoms with Crippen molar-refractivity contribution in [1.29, 1.82) is 0 Å². The molecular formula is C14H17N3O. The summed E-state index contributed by atoms with van der Waals surface area (Å²) in [6.07, 6.45) is 1.03. The molecule has 0 aliphatic heterocycles.